The normalized spacial score (nSPS) is 25.4. The molecule has 0 bridgehead atoms. The summed E-state index contributed by atoms with van der Waals surface area (Å²) in [4.78, 5) is 0. The lowest BCUT2D eigenvalue weighted by Gasteiger charge is -2.46. The second kappa shape index (κ2) is 17.5. The highest BCUT2D eigenvalue weighted by Gasteiger charge is 2.48. The minimum absolute atomic E-state index is 0.191. The Hall–Kier alpha value is -0.980. The van der Waals surface area contributed by atoms with Crippen LogP contribution in [0.25, 0.3) is 0 Å². The molecule has 0 N–H and O–H groups in total. The summed E-state index contributed by atoms with van der Waals surface area (Å²) in [5.74, 6) is 0. The van der Waals surface area contributed by atoms with Crippen molar-refractivity contribution in [3.63, 3.8) is 0 Å². The van der Waals surface area contributed by atoms with Crippen molar-refractivity contribution in [3.8, 4) is 0 Å². The largest absolute Gasteiger partial charge is 0.379 e. The molecule has 1 aliphatic heterocycles. The average molecular weight is 465 g/mol. The first kappa shape index (κ1) is 28.3. The van der Waals surface area contributed by atoms with E-state index in [4.69, 9.17) is 23.7 Å². The van der Waals surface area contributed by atoms with Crippen molar-refractivity contribution in [1.29, 1.82) is 0 Å². The summed E-state index contributed by atoms with van der Waals surface area (Å²) in [6.45, 7) is 12.1. The minimum Gasteiger partial charge on any atom is -0.379 e. The van der Waals surface area contributed by atoms with Crippen molar-refractivity contribution < 1.29 is 23.7 Å². The van der Waals surface area contributed by atoms with E-state index in [0.29, 0.717) is 26.4 Å². The van der Waals surface area contributed by atoms with Crippen LogP contribution < -0.4 is 0 Å². The lowest BCUT2D eigenvalue weighted by molar-refractivity contribution is -0.268. The Morgan fingerprint density at radius 2 is 1.15 bits per heavy atom. The number of unbranched alkanes of at least 4 members (excludes halogenated alkanes) is 4. The van der Waals surface area contributed by atoms with Crippen molar-refractivity contribution in [2.45, 2.75) is 110 Å². The molecule has 0 aliphatic carbocycles. The van der Waals surface area contributed by atoms with Crippen LogP contribution in [0.3, 0.4) is 0 Å². The van der Waals surface area contributed by atoms with E-state index in [1.807, 2.05) is 6.07 Å². The van der Waals surface area contributed by atoms with Crippen LogP contribution in [-0.2, 0) is 23.7 Å². The summed E-state index contributed by atoms with van der Waals surface area (Å²) >= 11 is 0. The number of ether oxygens (including phenoxy) is 5. The van der Waals surface area contributed by atoms with Crippen LogP contribution in [0.15, 0.2) is 30.3 Å². The van der Waals surface area contributed by atoms with Crippen LogP contribution in [0.4, 0.5) is 0 Å². The van der Waals surface area contributed by atoms with Gasteiger partial charge in [0.1, 0.15) is 30.5 Å². The molecular weight excluding hydrogens is 416 g/mol. The molecule has 0 radical (unpaired) electrons. The maximum absolute atomic E-state index is 6.72. The van der Waals surface area contributed by atoms with Crippen LogP contribution in [-0.4, -0.2) is 57.5 Å². The fourth-order valence-electron chi connectivity index (χ4n) is 4.07. The Labute approximate surface area is 202 Å². The van der Waals surface area contributed by atoms with Crippen LogP contribution in [0.5, 0.6) is 0 Å². The van der Waals surface area contributed by atoms with Crippen LogP contribution >= 0.6 is 0 Å². The van der Waals surface area contributed by atoms with Gasteiger partial charge in [-0.3, -0.25) is 0 Å². The SMILES string of the molecule is CCCCOC[C@H]1O[C@@H](c2ccccc2)C(OCCCC)[C@@H](OCCCC)C1OCCCC. The maximum atomic E-state index is 6.72. The van der Waals surface area contributed by atoms with E-state index >= 15 is 0 Å². The smallest absolute Gasteiger partial charge is 0.117 e. The van der Waals surface area contributed by atoms with Gasteiger partial charge in [-0.2, -0.15) is 0 Å². The van der Waals surface area contributed by atoms with E-state index in [9.17, 15) is 0 Å². The van der Waals surface area contributed by atoms with Gasteiger partial charge >= 0.3 is 0 Å². The molecular formula is C28H48O5. The highest BCUT2D eigenvalue weighted by atomic mass is 16.6. The fraction of sp³-hybridized carbons (Fsp3) is 0.786. The zero-order valence-corrected chi connectivity index (χ0v) is 21.5. The van der Waals surface area contributed by atoms with Gasteiger partial charge in [-0.05, 0) is 31.2 Å². The van der Waals surface area contributed by atoms with Crippen LogP contribution in [0, 0.1) is 0 Å². The molecule has 1 saturated heterocycles. The molecule has 0 saturated carbocycles. The van der Waals surface area contributed by atoms with Gasteiger partial charge in [0.2, 0.25) is 0 Å². The zero-order chi connectivity index (χ0) is 23.7. The average Bonchev–Trinajstić information content (AvgIpc) is 2.84. The summed E-state index contributed by atoms with van der Waals surface area (Å²) in [6.07, 6.45) is 7.49. The van der Waals surface area contributed by atoms with Gasteiger partial charge in [-0.1, -0.05) is 83.7 Å². The molecule has 33 heavy (non-hydrogen) atoms. The molecule has 1 heterocycles. The van der Waals surface area contributed by atoms with Crippen molar-refractivity contribution >= 4 is 0 Å². The molecule has 1 aromatic carbocycles. The first-order chi connectivity index (χ1) is 16.3. The molecule has 0 amide bonds. The Morgan fingerprint density at radius 1 is 0.636 bits per heavy atom. The van der Waals surface area contributed by atoms with E-state index in [1.54, 1.807) is 0 Å². The second-order valence-electron chi connectivity index (χ2n) is 9.00. The molecule has 5 heteroatoms. The molecule has 1 fully saturated rings. The predicted octanol–water partition coefficient (Wildman–Crippen LogP) is 6.50. The zero-order valence-electron chi connectivity index (χ0n) is 21.5. The highest BCUT2D eigenvalue weighted by Crippen LogP contribution is 2.37. The molecule has 2 rings (SSSR count). The second-order valence-corrected chi connectivity index (χ2v) is 9.00. The molecule has 1 aromatic rings. The third-order valence-corrected chi connectivity index (χ3v) is 6.11. The van der Waals surface area contributed by atoms with Crippen molar-refractivity contribution in [2.24, 2.45) is 0 Å². The molecule has 0 aromatic heterocycles. The van der Waals surface area contributed by atoms with E-state index in [2.05, 4.69) is 52.0 Å². The van der Waals surface area contributed by atoms with Gasteiger partial charge in [0.05, 0.1) is 6.61 Å². The van der Waals surface area contributed by atoms with Crippen molar-refractivity contribution in [1.82, 2.24) is 0 Å². The molecule has 0 spiro atoms. The monoisotopic (exact) mass is 464 g/mol. The van der Waals surface area contributed by atoms with Gasteiger partial charge in [-0.15, -0.1) is 0 Å². The topological polar surface area (TPSA) is 46.2 Å². The number of benzene rings is 1. The lowest BCUT2D eigenvalue weighted by Crippen LogP contribution is -2.58. The minimum atomic E-state index is -0.214. The number of hydrogen-bond donors (Lipinski definition) is 0. The van der Waals surface area contributed by atoms with Crippen molar-refractivity contribution in [3.05, 3.63) is 35.9 Å². The first-order valence-electron chi connectivity index (χ1n) is 13.4. The van der Waals surface area contributed by atoms with E-state index in [0.717, 1.165) is 63.5 Å². The summed E-state index contributed by atoms with van der Waals surface area (Å²) < 4.78 is 32.2. The van der Waals surface area contributed by atoms with Gasteiger partial charge in [0.15, 0.2) is 0 Å². The van der Waals surface area contributed by atoms with E-state index in [-0.39, 0.29) is 30.5 Å². The van der Waals surface area contributed by atoms with E-state index < -0.39 is 0 Å². The Kier molecular flexibility index (Phi) is 14.9. The van der Waals surface area contributed by atoms with E-state index in [1.165, 1.54) is 0 Å². The third-order valence-electron chi connectivity index (χ3n) is 6.11. The quantitative estimate of drug-likeness (QED) is 0.232. The first-order valence-corrected chi connectivity index (χ1v) is 13.4. The molecule has 2 unspecified atom stereocenters. The van der Waals surface area contributed by atoms with Crippen LogP contribution in [0.2, 0.25) is 0 Å². The van der Waals surface area contributed by atoms with Gasteiger partial charge in [0, 0.05) is 26.4 Å². The Balaban J connectivity index is 2.31. The standard InChI is InChI=1S/C28H48O5/c1-5-9-18-29-22-24-26(30-19-10-6-2)28(32-21-12-8-4)27(31-20-11-7-3)25(33-24)23-16-14-13-15-17-23/h13-17,24-28H,5-12,18-22H2,1-4H3/t24-,25+,26?,27?,28+/m1/s1. The summed E-state index contributed by atoms with van der Waals surface area (Å²) in [5, 5.41) is 0. The summed E-state index contributed by atoms with van der Waals surface area (Å²) in [7, 11) is 0. The number of rotatable bonds is 18. The van der Waals surface area contributed by atoms with Crippen molar-refractivity contribution in [2.75, 3.05) is 33.0 Å². The molecule has 190 valence electrons. The molecule has 5 nitrogen and oxygen atoms in total. The highest BCUT2D eigenvalue weighted by molar-refractivity contribution is 5.21. The Morgan fingerprint density at radius 3 is 1.73 bits per heavy atom. The summed E-state index contributed by atoms with van der Waals surface area (Å²) in [6, 6.07) is 10.4. The fourth-order valence-corrected chi connectivity index (χ4v) is 4.07. The lowest BCUT2D eigenvalue weighted by atomic mass is 9.90. The predicted molar refractivity (Wildman–Crippen MR) is 134 cm³/mol. The van der Waals surface area contributed by atoms with Crippen LogP contribution in [0.1, 0.15) is 90.7 Å². The van der Waals surface area contributed by atoms with Gasteiger partial charge < -0.3 is 23.7 Å². The summed E-state index contributed by atoms with van der Waals surface area (Å²) in [5.41, 5.74) is 1.12. The van der Waals surface area contributed by atoms with Gasteiger partial charge in [-0.25, -0.2) is 0 Å². The third kappa shape index (κ3) is 9.65. The Bertz CT molecular complexity index is 581. The maximum Gasteiger partial charge on any atom is 0.117 e. The number of hydrogen-bond acceptors (Lipinski definition) is 5. The molecule has 5 atom stereocenters. The van der Waals surface area contributed by atoms with Gasteiger partial charge in [0.25, 0.3) is 0 Å². The molecule has 1 aliphatic rings.